The van der Waals surface area contributed by atoms with E-state index in [0.717, 1.165) is 18.4 Å². The molecule has 1 heterocycles. The van der Waals surface area contributed by atoms with E-state index in [0.29, 0.717) is 24.3 Å². The predicted octanol–water partition coefficient (Wildman–Crippen LogP) is 3.37. The van der Waals surface area contributed by atoms with Crippen molar-refractivity contribution in [3.8, 4) is 0 Å². The highest BCUT2D eigenvalue weighted by Gasteiger charge is 2.25. The van der Waals surface area contributed by atoms with Gasteiger partial charge in [0.25, 0.3) is 11.8 Å². The summed E-state index contributed by atoms with van der Waals surface area (Å²) >= 11 is 0. The maximum Gasteiger partial charge on any atom is 0.258 e. The lowest BCUT2D eigenvalue weighted by Crippen LogP contribution is -2.43. The van der Waals surface area contributed by atoms with E-state index in [-0.39, 0.29) is 29.9 Å². The van der Waals surface area contributed by atoms with Gasteiger partial charge in [0.15, 0.2) is 0 Å². The number of anilines is 1. The topological polar surface area (TPSA) is 75.4 Å². The number of rotatable bonds is 3. The first-order valence-electron chi connectivity index (χ1n) is 8.67. The van der Waals surface area contributed by atoms with Gasteiger partial charge in [0, 0.05) is 19.1 Å². The number of halogens is 2. The maximum absolute atomic E-state index is 13.9. The zero-order valence-electron chi connectivity index (χ0n) is 15.1. The second-order valence-corrected chi connectivity index (χ2v) is 6.56. The van der Waals surface area contributed by atoms with E-state index in [9.17, 15) is 14.0 Å². The number of amides is 2. The Morgan fingerprint density at radius 3 is 2.37 bits per heavy atom. The monoisotopic (exact) mass is 391 g/mol. The van der Waals surface area contributed by atoms with Crippen LogP contribution in [0.1, 0.15) is 39.1 Å². The van der Waals surface area contributed by atoms with Gasteiger partial charge in [0.05, 0.1) is 16.8 Å². The number of hydrogen-bond donors (Lipinski definition) is 2. The number of benzene rings is 2. The van der Waals surface area contributed by atoms with Crippen molar-refractivity contribution in [2.75, 3.05) is 18.4 Å². The van der Waals surface area contributed by atoms with Crippen LogP contribution in [0.5, 0.6) is 0 Å². The van der Waals surface area contributed by atoms with Crippen LogP contribution in [0.15, 0.2) is 42.5 Å². The average molecular weight is 392 g/mol. The van der Waals surface area contributed by atoms with Crippen LogP contribution in [0.25, 0.3) is 0 Å². The Morgan fingerprint density at radius 1 is 1.07 bits per heavy atom. The molecule has 2 aromatic rings. The number of nitrogens with one attached hydrogen (secondary N) is 1. The molecule has 0 atom stereocenters. The lowest BCUT2D eigenvalue weighted by Gasteiger charge is -2.31. The van der Waals surface area contributed by atoms with Crippen LogP contribution in [0.2, 0.25) is 0 Å². The molecule has 7 heteroatoms. The Hall–Kier alpha value is -2.44. The van der Waals surface area contributed by atoms with Gasteiger partial charge >= 0.3 is 0 Å². The average Bonchev–Trinajstić information content (AvgIpc) is 2.63. The molecule has 0 spiro atoms. The fourth-order valence-corrected chi connectivity index (χ4v) is 3.11. The summed E-state index contributed by atoms with van der Waals surface area (Å²) in [7, 11) is 0. The molecular formula is C20H23ClFN3O2. The lowest BCUT2D eigenvalue weighted by molar-refractivity contribution is 0.0715. The Bertz CT molecular complexity index is 836. The van der Waals surface area contributed by atoms with Gasteiger partial charge in [-0.05, 0) is 43.5 Å². The lowest BCUT2D eigenvalue weighted by atomic mass is 10.0. The van der Waals surface area contributed by atoms with Crippen LogP contribution >= 0.6 is 12.4 Å². The molecule has 3 rings (SSSR count). The van der Waals surface area contributed by atoms with E-state index in [1.54, 1.807) is 36.1 Å². The predicted molar refractivity (Wildman–Crippen MR) is 106 cm³/mol. The van der Waals surface area contributed by atoms with Crippen molar-refractivity contribution in [3.05, 3.63) is 65.0 Å². The maximum atomic E-state index is 13.9. The summed E-state index contributed by atoms with van der Waals surface area (Å²) in [4.78, 5) is 27.2. The van der Waals surface area contributed by atoms with Crippen LogP contribution in [-0.2, 0) is 0 Å². The molecule has 0 aliphatic carbocycles. The molecule has 1 aliphatic rings. The summed E-state index contributed by atoms with van der Waals surface area (Å²) < 4.78 is 13.9. The molecule has 0 saturated carbocycles. The fraction of sp³-hybridized carbons (Fsp3) is 0.300. The van der Waals surface area contributed by atoms with Crippen molar-refractivity contribution < 1.29 is 14.0 Å². The largest absolute Gasteiger partial charge is 0.338 e. The standard InChI is InChI=1S/C20H22FN3O2.ClH/c1-13-5-4-7-16(20(26)24-11-9-14(22)10-12-24)18(13)23-19(25)15-6-2-3-8-17(15)21;/h2-8,14H,9-12,22H2,1H3,(H,23,25);1H. The Labute approximate surface area is 164 Å². The summed E-state index contributed by atoms with van der Waals surface area (Å²) in [5.41, 5.74) is 7.42. The molecule has 27 heavy (non-hydrogen) atoms. The minimum atomic E-state index is -0.600. The number of nitrogens with zero attached hydrogens (tertiary/aromatic N) is 1. The number of piperidine rings is 1. The highest BCUT2D eigenvalue weighted by Crippen LogP contribution is 2.24. The van der Waals surface area contributed by atoms with Crippen molar-refractivity contribution in [2.24, 2.45) is 5.73 Å². The zero-order valence-corrected chi connectivity index (χ0v) is 15.9. The summed E-state index contributed by atoms with van der Waals surface area (Å²) in [6.45, 7) is 2.99. The van der Waals surface area contributed by atoms with Gasteiger partial charge in [0.1, 0.15) is 5.82 Å². The first kappa shape index (κ1) is 20.9. The van der Waals surface area contributed by atoms with Crippen molar-refractivity contribution >= 4 is 29.9 Å². The quantitative estimate of drug-likeness (QED) is 0.842. The molecule has 1 fully saturated rings. The number of hydrogen-bond acceptors (Lipinski definition) is 3. The third-order valence-electron chi connectivity index (χ3n) is 4.69. The van der Waals surface area contributed by atoms with E-state index >= 15 is 0 Å². The third-order valence-corrected chi connectivity index (χ3v) is 4.69. The normalized spacial score (nSPS) is 14.4. The fourth-order valence-electron chi connectivity index (χ4n) is 3.11. The molecule has 1 aliphatic heterocycles. The van der Waals surface area contributed by atoms with Crippen LogP contribution < -0.4 is 11.1 Å². The van der Waals surface area contributed by atoms with Crippen LogP contribution in [0.3, 0.4) is 0 Å². The van der Waals surface area contributed by atoms with E-state index in [1.807, 2.05) is 0 Å². The highest BCUT2D eigenvalue weighted by molar-refractivity contribution is 6.09. The van der Waals surface area contributed by atoms with Gasteiger partial charge < -0.3 is 16.0 Å². The minimum absolute atomic E-state index is 0. The molecule has 5 nitrogen and oxygen atoms in total. The van der Waals surface area contributed by atoms with Crippen molar-refractivity contribution in [2.45, 2.75) is 25.8 Å². The number of aryl methyl sites for hydroxylation is 1. The molecule has 144 valence electrons. The molecule has 0 aromatic heterocycles. The number of nitrogens with two attached hydrogens (primary N) is 1. The van der Waals surface area contributed by atoms with Gasteiger partial charge in [-0.1, -0.05) is 24.3 Å². The molecule has 0 unspecified atom stereocenters. The first-order chi connectivity index (χ1) is 12.5. The molecule has 2 amide bonds. The smallest absolute Gasteiger partial charge is 0.258 e. The number of carbonyl (C=O) groups is 2. The van der Waals surface area contributed by atoms with E-state index in [2.05, 4.69) is 5.32 Å². The van der Waals surface area contributed by atoms with Gasteiger partial charge in [-0.2, -0.15) is 0 Å². The van der Waals surface area contributed by atoms with Gasteiger partial charge in [-0.25, -0.2) is 4.39 Å². The minimum Gasteiger partial charge on any atom is -0.338 e. The molecular weight excluding hydrogens is 369 g/mol. The zero-order chi connectivity index (χ0) is 18.7. The Balaban J connectivity index is 0.00000261. The first-order valence-corrected chi connectivity index (χ1v) is 8.67. The Morgan fingerprint density at radius 2 is 1.70 bits per heavy atom. The summed E-state index contributed by atoms with van der Waals surface area (Å²) in [5, 5.41) is 2.71. The van der Waals surface area contributed by atoms with Crippen molar-refractivity contribution in [1.29, 1.82) is 0 Å². The number of likely N-dealkylation sites (tertiary alicyclic amines) is 1. The molecule has 0 radical (unpaired) electrons. The molecule has 2 aromatic carbocycles. The molecule has 1 saturated heterocycles. The number of carbonyl (C=O) groups excluding carboxylic acids is 2. The van der Waals surface area contributed by atoms with Crippen molar-refractivity contribution in [3.63, 3.8) is 0 Å². The summed E-state index contributed by atoms with van der Waals surface area (Å²) in [6.07, 6.45) is 1.52. The third kappa shape index (κ3) is 4.64. The van der Waals surface area contributed by atoms with Crippen LogP contribution in [0.4, 0.5) is 10.1 Å². The van der Waals surface area contributed by atoms with Crippen molar-refractivity contribution in [1.82, 2.24) is 4.90 Å². The van der Waals surface area contributed by atoms with Gasteiger partial charge in [-0.15, -0.1) is 12.4 Å². The van der Waals surface area contributed by atoms with Crippen LogP contribution in [0, 0.1) is 12.7 Å². The summed E-state index contributed by atoms with van der Waals surface area (Å²) in [6, 6.07) is 11.1. The van der Waals surface area contributed by atoms with E-state index < -0.39 is 11.7 Å². The summed E-state index contributed by atoms with van der Waals surface area (Å²) in [5.74, 6) is -1.33. The Kier molecular flexibility index (Phi) is 6.93. The molecule has 3 N–H and O–H groups in total. The van der Waals surface area contributed by atoms with E-state index in [1.165, 1.54) is 18.2 Å². The van der Waals surface area contributed by atoms with Gasteiger partial charge in [0.2, 0.25) is 0 Å². The SMILES string of the molecule is Cc1cccc(C(=O)N2CCC(N)CC2)c1NC(=O)c1ccccc1F.Cl. The highest BCUT2D eigenvalue weighted by atomic mass is 35.5. The van der Waals surface area contributed by atoms with Gasteiger partial charge in [-0.3, -0.25) is 9.59 Å². The second kappa shape index (κ2) is 8.97. The number of para-hydroxylation sites is 1. The van der Waals surface area contributed by atoms with Crippen LogP contribution in [-0.4, -0.2) is 35.8 Å². The van der Waals surface area contributed by atoms with E-state index in [4.69, 9.17) is 5.73 Å². The molecule has 0 bridgehead atoms. The second-order valence-electron chi connectivity index (χ2n) is 6.56.